The highest BCUT2D eigenvalue weighted by Crippen LogP contribution is 2.34. The van der Waals surface area contributed by atoms with Gasteiger partial charge in [0.25, 0.3) is 0 Å². The summed E-state index contributed by atoms with van der Waals surface area (Å²) in [6.45, 7) is 0.799. The molecule has 0 saturated heterocycles. The topological polar surface area (TPSA) is 46.3 Å². The van der Waals surface area contributed by atoms with Gasteiger partial charge in [-0.1, -0.05) is 31.7 Å². The van der Waals surface area contributed by atoms with Gasteiger partial charge in [0.05, 0.1) is 0 Å². The van der Waals surface area contributed by atoms with Gasteiger partial charge in [-0.2, -0.15) is 0 Å². The molecule has 3 heteroatoms. The Morgan fingerprint density at radius 3 is 2.89 bits per heavy atom. The summed E-state index contributed by atoms with van der Waals surface area (Å²) in [5.74, 6) is 1.06. The van der Waals surface area contributed by atoms with Crippen LogP contribution in [0.3, 0.4) is 0 Å². The summed E-state index contributed by atoms with van der Waals surface area (Å²) in [5.41, 5.74) is 8.98. The second-order valence-corrected chi connectivity index (χ2v) is 5.83. The zero-order chi connectivity index (χ0) is 13.2. The van der Waals surface area contributed by atoms with E-state index in [9.17, 15) is 4.79 Å². The van der Waals surface area contributed by atoms with E-state index in [1.54, 1.807) is 0 Å². The van der Waals surface area contributed by atoms with Gasteiger partial charge in [0, 0.05) is 29.9 Å². The number of nitrogen functional groups attached to an aromatic ring is 1. The van der Waals surface area contributed by atoms with Crippen molar-refractivity contribution in [3.63, 3.8) is 0 Å². The fourth-order valence-corrected chi connectivity index (χ4v) is 3.48. The Kier molecular flexibility index (Phi) is 3.45. The first-order valence-electron chi connectivity index (χ1n) is 7.43. The molecule has 0 aromatic heterocycles. The molecule has 2 N–H and O–H groups in total. The number of hydrogen-bond acceptors (Lipinski definition) is 2. The Balaban J connectivity index is 1.64. The number of nitrogens with two attached hydrogens (primary N) is 1. The van der Waals surface area contributed by atoms with Crippen LogP contribution in [0.15, 0.2) is 18.2 Å². The van der Waals surface area contributed by atoms with E-state index in [-0.39, 0.29) is 5.91 Å². The number of anilines is 2. The molecule has 1 aromatic rings. The van der Waals surface area contributed by atoms with Gasteiger partial charge in [0.15, 0.2) is 0 Å². The highest BCUT2D eigenvalue weighted by molar-refractivity contribution is 5.96. The third-order valence-corrected chi connectivity index (χ3v) is 4.61. The second kappa shape index (κ2) is 5.24. The van der Waals surface area contributed by atoms with Crippen LogP contribution in [0.4, 0.5) is 11.4 Å². The fraction of sp³-hybridized carbons (Fsp3) is 0.562. The lowest BCUT2D eigenvalue weighted by Gasteiger charge is -2.18. The first-order chi connectivity index (χ1) is 9.25. The Morgan fingerprint density at radius 2 is 2.11 bits per heavy atom. The predicted octanol–water partition coefficient (Wildman–Crippen LogP) is 3.13. The van der Waals surface area contributed by atoms with Crippen LogP contribution in [-0.2, 0) is 11.2 Å². The molecule has 0 radical (unpaired) electrons. The Labute approximate surface area is 114 Å². The standard InChI is InChI=1S/C16H22N2O/c17-14-6-3-7-15-13(14)10-11-18(15)16(19)9-8-12-4-1-2-5-12/h3,6-7,12H,1-2,4-5,8-11,17H2. The van der Waals surface area contributed by atoms with E-state index in [0.717, 1.165) is 42.2 Å². The van der Waals surface area contributed by atoms with E-state index >= 15 is 0 Å². The summed E-state index contributed by atoms with van der Waals surface area (Å²) in [6.07, 6.45) is 7.99. The monoisotopic (exact) mass is 258 g/mol. The maximum atomic E-state index is 12.4. The van der Waals surface area contributed by atoms with Gasteiger partial charge >= 0.3 is 0 Å². The second-order valence-electron chi connectivity index (χ2n) is 5.83. The lowest BCUT2D eigenvalue weighted by molar-refractivity contribution is -0.118. The molecule has 2 aliphatic rings. The van der Waals surface area contributed by atoms with Crippen molar-refractivity contribution >= 4 is 17.3 Å². The highest BCUT2D eigenvalue weighted by Gasteiger charge is 2.26. The molecule has 19 heavy (non-hydrogen) atoms. The minimum absolute atomic E-state index is 0.274. The largest absolute Gasteiger partial charge is 0.398 e. The van der Waals surface area contributed by atoms with Crippen LogP contribution in [0.1, 0.15) is 44.1 Å². The average molecular weight is 258 g/mol. The van der Waals surface area contributed by atoms with Crippen molar-refractivity contribution in [1.29, 1.82) is 0 Å². The van der Waals surface area contributed by atoms with Gasteiger partial charge in [-0.3, -0.25) is 4.79 Å². The predicted molar refractivity (Wildman–Crippen MR) is 78.1 cm³/mol. The first-order valence-corrected chi connectivity index (χ1v) is 7.43. The van der Waals surface area contributed by atoms with Crippen molar-refractivity contribution in [2.75, 3.05) is 17.2 Å². The maximum absolute atomic E-state index is 12.4. The number of hydrogen-bond donors (Lipinski definition) is 1. The summed E-state index contributed by atoms with van der Waals surface area (Å²) in [7, 11) is 0. The van der Waals surface area contributed by atoms with Crippen LogP contribution in [0.5, 0.6) is 0 Å². The van der Waals surface area contributed by atoms with E-state index in [4.69, 9.17) is 5.73 Å². The zero-order valence-electron chi connectivity index (χ0n) is 11.4. The van der Waals surface area contributed by atoms with Crippen molar-refractivity contribution in [1.82, 2.24) is 0 Å². The van der Waals surface area contributed by atoms with Gasteiger partial charge in [-0.05, 0) is 30.9 Å². The molecule has 3 rings (SSSR count). The summed E-state index contributed by atoms with van der Waals surface area (Å²) >= 11 is 0. The number of amides is 1. The van der Waals surface area contributed by atoms with Gasteiger partial charge in [0.1, 0.15) is 0 Å². The number of rotatable bonds is 3. The molecule has 1 amide bonds. The van der Waals surface area contributed by atoms with E-state index in [0.29, 0.717) is 6.42 Å². The molecular weight excluding hydrogens is 236 g/mol. The molecule has 1 fully saturated rings. The highest BCUT2D eigenvalue weighted by atomic mass is 16.2. The lowest BCUT2D eigenvalue weighted by Crippen LogP contribution is -2.28. The summed E-state index contributed by atoms with van der Waals surface area (Å²) < 4.78 is 0. The summed E-state index contributed by atoms with van der Waals surface area (Å²) in [4.78, 5) is 14.3. The molecule has 1 aliphatic carbocycles. The smallest absolute Gasteiger partial charge is 0.227 e. The molecule has 102 valence electrons. The normalized spacial score (nSPS) is 18.8. The first kappa shape index (κ1) is 12.5. The molecule has 1 heterocycles. The Hall–Kier alpha value is -1.51. The van der Waals surface area contributed by atoms with Crippen molar-refractivity contribution in [3.05, 3.63) is 23.8 Å². The van der Waals surface area contributed by atoms with Gasteiger partial charge in [-0.15, -0.1) is 0 Å². The third-order valence-electron chi connectivity index (χ3n) is 4.61. The maximum Gasteiger partial charge on any atom is 0.227 e. The molecule has 0 unspecified atom stereocenters. The van der Waals surface area contributed by atoms with Gasteiger partial charge in [-0.25, -0.2) is 0 Å². The minimum Gasteiger partial charge on any atom is -0.398 e. The van der Waals surface area contributed by atoms with Crippen LogP contribution in [0.2, 0.25) is 0 Å². The van der Waals surface area contributed by atoms with Gasteiger partial charge in [0.2, 0.25) is 5.91 Å². The van der Waals surface area contributed by atoms with Crippen molar-refractivity contribution in [3.8, 4) is 0 Å². The molecule has 1 saturated carbocycles. The number of benzene rings is 1. The van der Waals surface area contributed by atoms with E-state index in [1.165, 1.54) is 25.7 Å². The zero-order valence-corrected chi connectivity index (χ0v) is 11.4. The molecular formula is C16H22N2O. The quantitative estimate of drug-likeness (QED) is 0.847. The Morgan fingerprint density at radius 1 is 1.32 bits per heavy atom. The third kappa shape index (κ3) is 2.46. The number of nitrogens with zero attached hydrogens (tertiary/aromatic N) is 1. The summed E-state index contributed by atoms with van der Waals surface area (Å²) in [6, 6.07) is 5.88. The SMILES string of the molecule is Nc1cccc2c1CCN2C(=O)CCC1CCCC1. The fourth-order valence-electron chi connectivity index (χ4n) is 3.48. The molecule has 0 spiro atoms. The van der Waals surface area contributed by atoms with Crippen LogP contribution in [0.25, 0.3) is 0 Å². The van der Waals surface area contributed by atoms with Crippen molar-refractivity contribution < 1.29 is 4.79 Å². The summed E-state index contributed by atoms with van der Waals surface area (Å²) in [5, 5.41) is 0. The van der Waals surface area contributed by atoms with E-state index in [2.05, 4.69) is 0 Å². The van der Waals surface area contributed by atoms with E-state index in [1.807, 2.05) is 23.1 Å². The minimum atomic E-state index is 0.274. The van der Waals surface area contributed by atoms with Crippen LogP contribution >= 0.6 is 0 Å². The van der Waals surface area contributed by atoms with Crippen molar-refractivity contribution in [2.24, 2.45) is 5.92 Å². The molecule has 1 aromatic carbocycles. The lowest BCUT2D eigenvalue weighted by atomic mass is 10.0. The number of carbonyl (C=O) groups is 1. The molecule has 0 bridgehead atoms. The van der Waals surface area contributed by atoms with E-state index < -0.39 is 0 Å². The van der Waals surface area contributed by atoms with Crippen molar-refractivity contribution in [2.45, 2.75) is 44.9 Å². The average Bonchev–Trinajstić information content (AvgIpc) is 3.06. The van der Waals surface area contributed by atoms with Gasteiger partial charge < -0.3 is 10.6 Å². The molecule has 0 atom stereocenters. The Bertz CT molecular complexity index is 478. The number of fused-ring (bicyclic) bond motifs is 1. The van der Waals surface area contributed by atoms with Crippen LogP contribution < -0.4 is 10.6 Å². The van der Waals surface area contributed by atoms with Crippen LogP contribution in [-0.4, -0.2) is 12.5 Å². The number of carbonyl (C=O) groups excluding carboxylic acids is 1. The van der Waals surface area contributed by atoms with Crippen LogP contribution in [0, 0.1) is 5.92 Å². The molecule has 3 nitrogen and oxygen atoms in total. The molecule has 1 aliphatic heterocycles.